The molecule has 0 aliphatic rings. The summed E-state index contributed by atoms with van der Waals surface area (Å²) in [5.74, 6) is 0. The van der Waals surface area contributed by atoms with Gasteiger partial charge >= 0.3 is 0 Å². The summed E-state index contributed by atoms with van der Waals surface area (Å²) >= 11 is 0. The van der Waals surface area contributed by atoms with Crippen LogP contribution < -0.4 is 0 Å². The standard InChI is InChI=1S/C36H63/c1-3-5-7-9-11-13-15-17-19-21-23-25-27-29-31-33-35-36-34-32-30-28-26-24-22-20-18-16-14-12-10-8-6-4-2/h5,7,11-14,17-20,35H,3-4,6,8-10,15-16,21-34,36H2,1-2H3/b7-5?,13-11?,14-12-,19-17?,20-18-. The summed E-state index contributed by atoms with van der Waals surface area (Å²) in [5, 5.41) is 0. The molecular weight excluding hydrogens is 432 g/mol. The molecule has 1 radical (unpaired) electrons. The molecule has 0 atom stereocenters. The highest BCUT2D eigenvalue weighted by atomic mass is 14.0. The van der Waals surface area contributed by atoms with E-state index in [1.54, 1.807) is 0 Å². The van der Waals surface area contributed by atoms with E-state index in [0.717, 1.165) is 25.7 Å². The number of allylic oxidation sites excluding steroid dienone is 10. The predicted molar refractivity (Wildman–Crippen MR) is 168 cm³/mol. The molecule has 0 fully saturated rings. The monoisotopic (exact) mass is 495 g/mol. The first-order valence-electron chi connectivity index (χ1n) is 16.0. The van der Waals surface area contributed by atoms with Crippen molar-refractivity contribution in [3.8, 4) is 0 Å². The van der Waals surface area contributed by atoms with Crippen molar-refractivity contribution < 1.29 is 0 Å². The maximum Gasteiger partial charge on any atom is -0.0169 e. The van der Waals surface area contributed by atoms with Gasteiger partial charge in [-0.25, -0.2) is 0 Å². The molecule has 0 N–H and O–H groups in total. The predicted octanol–water partition coefficient (Wildman–Crippen LogP) is 13.0. The van der Waals surface area contributed by atoms with E-state index in [0.29, 0.717) is 0 Å². The van der Waals surface area contributed by atoms with Crippen LogP contribution >= 0.6 is 0 Å². The Morgan fingerprint density at radius 2 is 0.639 bits per heavy atom. The Labute approximate surface area is 228 Å². The maximum atomic E-state index is 2.55. The normalized spacial score (nSPS) is 12.6. The van der Waals surface area contributed by atoms with Crippen molar-refractivity contribution in [1.82, 2.24) is 0 Å². The van der Waals surface area contributed by atoms with E-state index >= 15 is 0 Å². The first-order chi connectivity index (χ1) is 17.9. The quantitative estimate of drug-likeness (QED) is 0.0747. The van der Waals surface area contributed by atoms with Crippen LogP contribution in [0.25, 0.3) is 0 Å². The molecule has 0 aromatic carbocycles. The van der Waals surface area contributed by atoms with Crippen LogP contribution in [0.3, 0.4) is 0 Å². The summed E-state index contributed by atoms with van der Waals surface area (Å²) in [6.07, 6.45) is 56.0. The molecule has 36 heavy (non-hydrogen) atoms. The number of rotatable bonds is 28. The minimum Gasteiger partial charge on any atom is -0.0885 e. The van der Waals surface area contributed by atoms with E-state index in [2.05, 4.69) is 81.0 Å². The highest BCUT2D eigenvalue weighted by Crippen LogP contribution is 2.13. The minimum absolute atomic E-state index is 1.08. The first kappa shape index (κ1) is 34.7. The lowest BCUT2D eigenvalue weighted by Gasteiger charge is -2.03. The van der Waals surface area contributed by atoms with Crippen molar-refractivity contribution >= 4 is 0 Å². The van der Waals surface area contributed by atoms with Gasteiger partial charge in [0.25, 0.3) is 0 Å². The molecule has 0 bridgehead atoms. The van der Waals surface area contributed by atoms with Crippen LogP contribution in [0, 0.1) is 6.42 Å². The van der Waals surface area contributed by atoms with Gasteiger partial charge in [0.1, 0.15) is 0 Å². The molecule has 0 aliphatic carbocycles. The highest BCUT2D eigenvalue weighted by Gasteiger charge is 1.94. The molecule has 0 nitrogen and oxygen atoms in total. The van der Waals surface area contributed by atoms with Crippen LogP contribution in [0.5, 0.6) is 0 Å². The summed E-state index contributed by atoms with van der Waals surface area (Å²) in [5.41, 5.74) is 0. The molecule has 0 aliphatic heterocycles. The van der Waals surface area contributed by atoms with Gasteiger partial charge in [0, 0.05) is 0 Å². The average molecular weight is 496 g/mol. The van der Waals surface area contributed by atoms with Crippen molar-refractivity contribution in [1.29, 1.82) is 0 Å². The van der Waals surface area contributed by atoms with Crippen LogP contribution in [0.4, 0.5) is 0 Å². The molecule has 207 valence electrons. The van der Waals surface area contributed by atoms with Crippen molar-refractivity contribution in [2.75, 3.05) is 0 Å². The van der Waals surface area contributed by atoms with Gasteiger partial charge in [0.15, 0.2) is 0 Å². The third-order valence-corrected chi connectivity index (χ3v) is 6.67. The molecule has 0 rings (SSSR count). The van der Waals surface area contributed by atoms with E-state index in [9.17, 15) is 0 Å². The number of hydrogen-bond donors (Lipinski definition) is 0. The number of unbranched alkanes of at least 4 members (excludes halogenated alkanes) is 18. The van der Waals surface area contributed by atoms with Crippen LogP contribution in [-0.2, 0) is 0 Å². The second-order valence-corrected chi connectivity index (χ2v) is 10.3. The third kappa shape index (κ3) is 32.7. The van der Waals surface area contributed by atoms with Gasteiger partial charge in [0.05, 0.1) is 0 Å². The number of hydrogen-bond acceptors (Lipinski definition) is 0. The van der Waals surface area contributed by atoms with Crippen LogP contribution in [0.1, 0.15) is 162 Å². The highest BCUT2D eigenvalue weighted by molar-refractivity contribution is 4.97. The van der Waals surface area contributed by atoms with Crippen molar-refractivity contribution in [3.05, 3.63) is 67.2 Å². The zero-order chi connectivity index (χ0) is 26.0. The lowest BCUT2D eigenvalue weighted by atomic mass is 10.0. The molecule has 0 aromatic heterocycles. The largest absolute Gasteiger partial charge is 0.0885 e. The second kappa shape index (κ2) is 33.7. The van der Waals surface area contributed by atoms with Gasteiger partial charge in [-0.2, -0.15) is 0 Å². The minimum atomic E-state index is 1.08. The molecule has 0 spiro atoms. The van der Waals surface area contributed by atoms with Crippen LogP contribution in [0.2, 0.25) is 0 Å². The van der Waals surface area contributed by atoms with Crippen molar-refractivity contribution in [2.24, 2.45) is 0 Å². The average Bonchev–Trinajstić information content (AvgIpc) is 2.89. The molecule has 0 aromatic rings. The maximum absolute atomic E-state index is 2.55. The lowest BCUT2D eigenvalue weighted by molar-refractivity contribution is 0.579. The third-order valence-electron chi connectivity index (χ3n) is 6.67. The molecule has 0 unspecified atom stereocenters. The molecule has 0 saturated carbocycles. The molecule has 0 saturated heterocycles. The lowest BCUT2D eigenvalue weighted by Crippen LogP contribution is -1.84. The Morgan fingerprint density at radius 3 is 1.06 bits per heavy atom. The Kier molecular flexibility index (Phi) is 32.5. The summed E-state index contributed by atoms with van der Waals surface area (Å²) in [6.45, 7) is 4.45. The second-order valence-electron chi connectivity index (χ2n) is 10.3. The summed E-state index contributed by atoms with van der Waals surface area (Å²) in [6, 6.07) is 0. The van der Waals surface area contributed by atoms with E-state index in [1.165, 1.54) is 122 Å². The van der Waals surface area contributed by atoms with E-state index in [4.69, 9.17) is 0 Å². The smallest absolute Gasteiger partial charge is 0.0169 e. The first-order valence-corrected chi connectivity index (χ1v) is 16.0. The Hall–Kier alpha value is -1.30. The molecular formula is C36H63. The van der Waals surface area contributed by atoms with Gasteiger partial charge in [-0.3, -0.25) is 0 Å². The van der Waals surface area contributed by atoms with E-state index in [1.807, 2.05) is 0 Å². The molecule has 0 heterocycles. The van der Waals surface area contributed by atoms with Crippen LogP contribution in [0.15, 0.2) is 60.8 Å². The summed E-state index contributed by atoms with van der Waals surface area (Å²) in [4.78, 5) is 0. The zero-order valence-corrected chi connectivity index (χ0v) is 24.6. The van der Waals surface area contributed by atoms with Gasteiger partial charge in [-0.15, -0.1) is 0 Å². The van der Waals surface area contributed by atoms with Crippen molar-refractivity contribution in [3.63, 3.8) is 0 Å². The Morgan fingerprint density at radius 1 is 0.306 bits per heavy atom. The Bertz CT molecular complexity index is 530. The Balaban J connectivity index is 3.18. The van der Waals surface area contributed by atoms with E-state index in [-0.39, 0.29) is 0 Å². The van der Waals surface area contributed by atoms with Gasteiger partial charge in [0.2, 0.25) is 0 Å². The summed E-state index contributed by atoms with van der Waals surface area (Å²) in [7, 11) is 0. The van der Waals surface area contributed by atoms with Gasteiger partial charge in [-0.1, -0.05) is 158 Å². The SMILES string of the molecule is CCC=CCC=CCC=CCCCCCCC[CH]CCCCCCCC/C=C\C/C=C\CCCCC. The van der Waals surface area contributed by atoms with Gasteiger partial charge < -0.3 is 0 Å². The van der Waals surface area contributed by atoms with Gasteiger partial charge in [-0.05, 0) is 70.6 Å². The topological polar surface area (TPSA) is 0 Å². The van der Waals surface area contributed by atoms with Crippen molar-refractivity contribution in [2.45, 2.75) is 162 Å². The van der Waals surface area contributed by atoms with Crippen LogP contribution in [-0.4, -0.2) is 0 Å². The zero-order valence-electron chi connectivity index (χ0n) is 24.6. The molecule has 0 amide bonds. The fraction of sp³-hybridized carbons (Fsp3) is 0.694. The fourth-order valence-electron chi connectivity index (χ4n) is 4.33. The molecule has 0 heteroatoms. The summed E-state index contributed by atoms with van der Waals surface area (Å²) < 4.78 is 0. The fourth-order valence-corrected chi connectivity index (χ4v) is 4.33. The van der Waals surface area contributed by atoms with E-state index < -0.39 is 0 Å².